The van der Waals surface area contributed by atoms with Crippen LogP contribution in [0.1, 0.15) is 37.0 Å². The van der Waals surface area contributed by atoms with Gasteiger partial charge in [-0.15, -0.1) is 0 Å². The van der Waals surface area contributed by atoms with E-state index >= 15 is 0 Å². The maximum atomic E-state index is 3.66. The van der Waals surface area contributed by atoms with Crippen molar-refractivity contribution in [2.45, 2.75) is 52.2 Å². The predicted octanol–water partition coefficient (Wildman–Crippen LogP) is 2.53. The molecular weight excluding hydrogens is 208 g/mol. The van der Waals surface area contributed by atoms with Crippen molar-refractivity contribution < 1.29 is 0 Å². The molecule has 1 aliphatic heterocycles. The van der Waals surface area contributed by atoms with Gasteiger partial charge in [-0.3, -0.25) is 0 Å². The molecule has 94 valence electrons. The fourth-order valence-electron chi connectivity index (χ4n) is 2.55. The van der Waals surface area contributed by atoms with Crippen LogP contribution < -0.4 is 10.6 Å². The second kappa shape index (κ2) is 4.79. The summed E-state index contributed by atoms with van der Waals surface area (Å²) in [5, 5.41) is 7.20. The molecule has 0 aliphatic carbocycles. The molecule has 1 fully saturated rings. The van der Waals surface area contributed by atoms with Crippen molar-refractivity contribution in [3.05, 3.63) is 34.9 Å². The fourth-order valence-corrected chi connectivity index (χ4v) is 2.55. The summed E-state index contributed by atoms with van der Waals surface area (Å²) in [4.78, 5) is 0. The van der Waals surface area contributed by atoms with Gasteiger partial charge in [0.05, 0.1) is 0 Å². The van der Waals surface area contributed by atoms with Crippen LogP contribution in [0.25, 0.3) is 0 Å². The van der Waals surface area contributed by atoms with E-state index in [0.717, 1.165) is 13.1 Å². The van der Waals surface area contributed by atoms with Gasteiger partial charge in [0.2, 0.25) is 0 Å². The van der Waals surface area contributed by atoms with Crippen molar-refractivity contribution in [2.75, 3.05) is 6.54 Å². The number of hydrogen-bond donors (Lipinski definition) is 2. The van der Waals surface area contributed by atoms with Gasteiger partial charge < -0.3 is 10.6 Å². The Labute approximate surface area is 105 Å². The molecule has 0 aromatic heterocycles. The van der Waals surface area contributed by atoms with Gasteiger partial charge in [0.25, 0.3) is 0 Å². The van der Waals surface area contributed by atoms with E-state index in [2.05, 4.69) is 56.5 Å². The minimum Gasteiger partial charge on any atom is -0.310 e. The summed E-state index contributed by atoms with van der Waals surface area (Å²) in [5.41, 5.74) is 4.44. The Balaban J connectivity index is 1.92. The lowest BCUT2D eigenvalue weighted by Gasteiger charge is -2.18. The van der Waals surface area contributed by atoms with Gasteiger partial charge in [0.15, 0.2) is 0 Å². The third-order valence-electron chi connectivity index (χ3n) is 3.67. The van der Waals surface area contributed by atoms with Crippen LogP contribution in [0, 0.1) is 13.8 Å². The standard InChI is InChI=1S/C15H24N2/c1-11-5-6-12(2)13(7-11)9-16-14-8-15(3,4)17-10-14/h5-7,14,16-17H,8-10H2,1-4H3. The van der Waals surface area contributed by atoms with Gasteiger partial charge in [0, 0.05) is 24.7 Å². The fraction of sp³-hybridized carbons (Fsp3) is 0.600. The molecule has 0 radical (unpaired) electrons. The first-order valence-electron chi connectivity index (χ1n) is 6.51. The Kier molecular flexibility index (Phi) is 3.55. The quantitative estimate of drug-likeness (QED) is 0.837. The molecule has 1 atom stereocenters. The second-order valence-electron chi connectivity index (χ2n) is 5.98. The van der Waals surface area contributed by atoms with Crippen LogP contribution in [0.4, 0.5) is 0 Å². The number of rotatable bonds is 3. The van der Waals surface area contributed by atoms with E-state index in [1.807, 2.05) is 0 Å². The summed E-state index contributed by atoms with van der Waals surface area (Å²) in [5.74, 6) is 0. The normalized spacial score (nSPS) is 22.9. The molecule has 1 aromatic rings. The summed E-state index contributed by atoms with van der Waals surface area (Å²) in [6, 6.07) is 7.28. The van der Waals surface area contributed by atoms with Gasteiger partial charge in [-0.25, -0.2) is 0 Å². The van der Waals surface area contributed by atoms with Gasteiger partial charge in [-0.1, -0.05) is 23.8 Å². The minimum atomic E-state index is 0.291. The molecule has 1 heterocycles. The maximum absolute atomic E-state index is 3.66. The van der Waals surface area contributed by atoms with Crippen molar-refractivity contribution in [1.29, 1.82) is 0 Å². The number of nitrogens with one attached hydrogen (secondary N) is 2. The van der Waals surface area contributed by atoms with E-state index in [0.29, 0.717) is 11.6 Å². The van der Waals surface area contributed by atoms with Crippen molar-refractivity contribution in [1.82, 2.24) is 10.6 Å². The third kappa shape index (κ3) is 3.30. The predicted molar refractivity (Wildman–Crippen MR) is 73.2 cm³/mol. The Morgan fingerprint density at radius 3 is 2.76 bits per heavy atom. The SMILES string of the molecule is Cc1ccc(C)c(CNC2CNC(C)(C)C2)c1. The monoisotopic (exact) mass is 232 g/mol. The summed E-state index contributed by atoms with van der Waals surface area (Å²) in [6.45, 7) is 10.9. The molecule has 1 unspecified atom stereocenters. The van der Waals surface area contributed by atoms with Gasteiger partial charge in [-0.2, -0.15) is 0 Å². The van der Waals surface area contributed by atoms with Gasteiger partial charge >= 0.3 is 0 Å². The zero-order valence-electron chi connectivity index (χ0n) is 11.4. The molecule has 0 amide bonds. The Morgan fingerprint density at radius 1 is 1.35 bits per heavy atom. The zero-order valence-corrected chi connectivity index (χ0v) is 11.4. The van der Waals surface area contributed by atoms with E-state index in [-0.39, 0.29) is 0 Å². The first-order valence-corrected chi connectivity index (χ1v) is 6.51. The average Bonchev–Trinajstić information content (AvgIpc) is 2.60. The molecule has 2 nitrogen and oxygen atoms in total. The maximum Gasteiger partial charge on any atom is 0.0213 e. The summed E-state index contributed by atoms with van der Waals surface area (Å²) >= 11 is 0. The minimum absolute atomic E-state index is 0.291. The lowest BCUT2D eigenvalue weighted by atomic mass is 10.0. The molecule has 2 heteroatoms. The van der Waals surface area contributed by atoms with Crippen LogP contribution in [0.3, 0.4) is 0 Å². The first kappa shape index (κ1) is 12.6. The number of aryl methyl sites for hydroxylation is 2. The van der Waals surface area contributed by atoms with E-state index in [9.17, 15) is 0 Å². The largest absolute Gasteiger partial charge is 0.310 e. The highest BCUT2D eigenvalue weighted by molar-refractivity contribution is 5.30. The van der Waals surface area contributed by atoms with E-state index in [1.54, 1.807) is 0 Å². The molecule has 17 heavy (non-hydrogen) atoms. The lowest BCUT2D eigenvalue weighted by Crippen LogP contribution is -2.31. The molecule has 0 bridgehead atoms. The Hall–Kier alpha value is -0.860. The highest BCUT2D eigenvalue weighted by Gasteiger charge is 2.29. The van der Waals surface area contributed by atoms with Crippen molar-refractivity contribution in [3.8, 4) is 0 Å². The molecule has 2 N–H and O–H groups in total. The molecule has 1 saturated heterocycles. The van der Waals surface area contributed by atoms with E-state index in [1.165, 1.54) is 23.1 Å². The van der Waals surface area contributed by atoms with E-state index in [4.69, 9.17) is 0 Å². The third-order valence-corrected chi connectivity index (χ3v) is 3.67. The van der Waals surface area contributed by atoms with Crippen molar-refractivity contribution in [2.24, 2.45) is 0 Å². The summed E-state index contributed by atoms with van der Waals surface area (Å²) in [7, 11) is 0. The highest BCUT2D eigenvalue weighted by Crippen LogP contribution is 2.18. The topological polar surface area (TPSA) is 24.1 Å². The summed E-state index contributed by atoms with van der Waals surface area (Å²) in [6.07, 6.45) is 1.21. The smallest absolute Gasteiger partial charge is 0.0213 e. The van der Waals surface area contributed by atoms with Crippen LogP contribution in [-0.4, -0.2) is 18.1 Å². The van der Waals surface area contributed by atoms with Crippen molar-refractivity contribution in [3.63, 3.8) is 0 Å². The van der Waals surface area contributed by atoms with Crippen LogP contribution in [-0.2, 0) is 6.54 Å². The van der Waals surface area contributed by atoms with Gasteiger partial charge in [-0.05, 0) is 45.2 Å². The first-order chi connectivity index (χ1) is 7.96. The molecule has 0 spiro atoms. The van der Waals surface area contributed by atoms with Crippen LogP contribution in [0.15, 0.2) is 18.2 Å². The number of hydrogen-bond acceptors (Lipinski definition) is 2. The average molecular weight is 232 g/mol. The molecule has 1 aromatic carbocycles. The Morgan fingerprint density at radius 2 is 2.12 bits per heavy atom. The molecule has 1 aliphatic rings. The zero-order chi connectivity index (χ0) is 12.5. The molecule has 0 saturated carbocycles. The van der Waals surface area contributed by atoms with Crippen LogP contribution in [0.2, 0.25) is 0 Å². The highest BCUT2D eigenvalue weighted by atomic mass is 15.1. The van der Waals surface area contributed by atoms with E-state index < -0.39 is 0 Å². The summed E-state index contributed by atoms with van der Waals surface area (Å²) < 4.78 is 0. The number of benzene rings is 1. The van der Waals surface area contributed by atoms with Gasteiger partial charge in [0.1, 0.15) is 0 Å². The molecule has 2 rings (SSSR count). The van der Waals surface area contributed by atoms with Crippen LogP contribution >= 0.6 is 0 Å². The van der Waals surface area contributed by atoms with Crippen molar-refractivity contribution >= 4 is 0 Å². The second-order valence-corrected chi connectivity index (χ2v) is 5.98. The lowest BCUT2D eigenvalue weighted by molar-refractivity contribution is 0.442. The van der Waals surface area contributed by atoms with Crippen LogP contribution in [0.5, 0.6) is 0 Å². The molecular formula is C15H24N2. The Bertz CT molecular complexity index is 396.